The highest BCUT2D eigenvalue weighted by atomic mass is 16.1. The van der Waals surface area contributed by atoms with E-state index in [-0.39, 0.29) is 11.9 Å². The molecule has 4 rings (SSSR count). The van der Waals surface area contributed by atoms with E-state index in [4.69, 9.17) is 5.26 Å². The third kappa shape index (κ3) is 1.99. The van der Waals surface area contributed by atoms with E-state index in [2.05, 4.69) is 16.7 Å². The molecule has 21 heavy (non-hydrogen) atoms. The molecule has 0 spiro atoms. The van der Waals surface area contributed by atoms with Gasteiger partial charge in [0, 0.05) is 30.5 Å². The Labute approximate surface area is 122 Å². The smallest absolute Gasteiger partial charge is 0.253 e. The van der Waals surface area contributed by atoms with Crippen LogP contribution in [-0.2, 0) is 0 Å². The van der Waals surface area contributed by atoms with E-state index in [1.54, 1.807) is 18.3 Å². The van der Waals surface area contributed by atoms with Crippen LogP contribution in [0.5, 0.6) is 0 Å². The van der Waals surface area contributed by atoms with Crippen LogP contribution in [0.1, 0.15) is 35.2 Å². The fourth-order valence-electron chi connectivity index (χ4n) is 3.57. The quantitative estimate of drug-likeness (QED) is 0.874. The molecular weight excluding hydrogens is 264 g/mol. The zero-order valence-electron chi connectivity index (χ0n) is 11.5. The number of pyridine rings is 1. The van der Waals surface area contributed by atoms with Crippen LogP contribution in [0.2, 0.25) is 0 Å². The summed E-state index contributed by atoms with van der Waals surface area (Å²) in [5.41, 5.74) is 2.08. The van der Waals surface area contributed by atoms with Crippen LogP contribution in [0.3, 0.4) is 0 Å². The summed E-state index contributed by atoms with van der Waals surface area (Å²) in [5, 5.41) is 15.7. The maximum absolute atomic E-state index is 12.4. The van der Waals surface area contributed by atoms with Gasteiger partial charge < -0.3 is 15.0 Å². The van der Waals surface area contributed by atoms with Crippen molar-refractivity contribution in [2.24, 2.45) is 0 Å². The molecule has 0 aromatic carbocycles. The summed E-state index contributed by atoms with van der Waals surface area (Å²) in [5.74, 6) is -0.0385. The van der Waals surface area contributed by atoms with Crippen molar-refractivity contribution >= 4 is 11.4 Å². The lowest BCUT2D eigenvalue weighted by molar-refractivity contribution is 0.0930. The van der Waals surface area contributed by atoms with E-state index >= 15 is 0 Å². The van der Waals surface area contributed by atoms with Gasteiger partial charge in [0.15, 0.2) is 0 Å². The summed E-state index contributed by atoms with van der Waals surface area (Å²) in [7, 11) is 0. The third-order valence-corrected chi connectivity index (χ3v) is 4.65. The first-order valence-corrected chi connectivity index (χ1v) is 7.32. The number of fused-ring (bicyclic) bond motifs is 3. The number of nitrogens with one attached hydrogen (secondary N) is 2. The number of nitrogens with zero attached hydrogens (tertiary/aromatic N) is 2. The summed E-state index contributed by atoms with van der Waals surface area (Å²) in [6.07, 6.45) is 7.00. The lowest BCUT2D eigenvalue weighted by atomic mass is 9.95. The van der Waals surface area contributed by atoms with Crippen molar-refractivity contribution in [3.63, 3.8) is 0 Å². The van der Waals surface area contributed by atoms with Crippen molar-refractivity contribution in [1.29, 1.82) is 5.26 Å². The van der Waals surface area contributed by atoms with Crippen molar-refractivity contribution in [3.8, 4) is 6.07 Å². The number of hydrogen-bond acceptors (Lipinski definition) is 3. The van der Waals surface area contributed by atoms with Crippen LogP contribution < -0.4 is 10.6 Å². The Balaban J connectivity index is 1.55. The van der Waals surface area contributed by atoms with Gasteiger partial charge in [0.1, 0.15) is 6.07 Å². The van der Waals surface area contributed by atoms with Gasteiger partial charge in [-0.25, -0.2) is 0 Å². The highest BCUT2D eigenvalue weighted by Crippen LogP contribution is 2.28. The highest BCUT2D eigenvalue weighted by Gasteiger charge is 2.39. The Hall–Kier alpha value is -2.32. The normalized spacial score (nSPS) is 26.9. The minimum absolute atomic E-state index is 0.0385. The van der Waals surface area contributed by atoms with Crippen molar-refractivity contribution in [2.45, 2.75) is 37.4 Å². The summed E-state index contributed by atoms with van der Waals surface area (Å²) >= 11 is 0. The van der Waals surface area contributed by atoms with E-state index in [1.807, 2.05) is 16.7 Å². The monoisotopic (exact) mass is 280 g/mol. The molecule has 2 saturated heterocycles. The van der Waals surface area contributed by atoms with E-state index in [1.165, 1.54) is 6.42 Å². The largest absolute Gasteiger partial charge is 0.348 e. The van der Waals surface area contributed by atoms with Gasteiger partial charge in [-0.1, -0.05) is 0 Å². The average Bonchev–Trinajstić information content (AvgIpc) is 3.21. The zero-order valence-corrected chi connectivity index (χ0v) is 11.5. The average molecular weight is 280 g/mol. The van der Waals surface area contributed by atoms with Gasteiger partial charge in [-0.15, -0.1) is 0 Å². The van der Waals surface area contributed by atoms with Gasteiger partial charge in [-0.05, 0) is 37.5 Å². The van der Waals surface area contributed by atoms with Gasteiger partial charge in [-0.2, -0.15) is 5.26 Å². The van der Waals surface area contributed by atoms with Gasteiger partial charge >= 0.3 is 0 Å². The van der Waals surface area contributed by atoms with Crippen LogP contribution in [0.4, 0.5) is 0 Å². The topological polar surface area (TPSA) is 69.3 Å². The predicted octanol–water partition coefficient (Wildman–Crippen LogP) is 1.43. The van der Waals surface area contributed by atoms with Crippen LogP contribution in [0.15, 0.2) is 30.6 Å². The number of hydrogen-bond donors (Lipinski definition) is 2. The Morgan fingerprint density at radius 1 is 1.38 bits per heavy atom. The van der Waals surface area contributed by atoms with Crippen LogP contribution >= 0.6 is 0 Å². The maximum Gasteiger partial charge on any atom is 0.253 e. The first-order valence-electron chi connectivity index (χ1n) is 7.32. The lowest BCUT2D eigenvalue weighted by Gasteiger charge is -2.21. The Bertz CT molecular complexity index is 757. The molecule has 106 valence electrons. The molecule has 4 heterocycles. The maximum atomic E-state index is 12.4. The fourth-order valence-corrected chi connectivity index (χ4v) is 3.57. The second kappa shape index (κ2) is 4.61. The Morgan fingerprint density at radius 2 is 2.29 bits per heavy atom. The zero-order chi connectivity index (χ0) is 14.4. The van der Waals surface area contributed by atoms with E-state index < -0.39 is 0 Å². The molecule has 2 fully saturated rings. The molecule has 2 bridgehead atoms. The minimum atomic E-state index is -0.0385. The van der Waals surface area contributed by atoms with Gasteiger partial charge in [-0.3, -0.25) is 4.79 Å². The first kappa shape index (κ1) is 12.4. The number of rotatable bonds is 2. The van der Waals surface area contributed by atoms with Gasteiger partial charge in [0.05, 0.1) is 16.6 Å². The molecule has 2 aromatic rings. The van der Waals surface area contributed by atoms with Crippen LogP contribution in [0, 0.1) is 11.3 Å². The van der Waals surface area contributed by atoms with E-state index in [0.717, 1.165) is 18.4 Å². The minimum Gasteiger partial charge on any atom is -0.348 e. The van der Waals surface area contributed by atoms with Gasteiger partial charge in [0.2, 0.25) is 0 Å². The molecule has 5 nitrogen and oxygen atoms in total. The predicted molar refractivity (Wildman–Crippen MR) is 77.9 cm³/mol. The molecule has 2 N–H and O–H groups in total. The summed E-state index contributed by atoms with van der Waals surface area (Å²) in [4.78, 5) is 12.4. The molecule has 3 atom stereocenters. The molecule has 0 aliphatic carbocycles. The first-order chi connectivity index (χ1) is 10.2. The number of aromatic nitrogens is 1. The highest BCUT2D eigenvalue weighted by molar-refractivity contribution is 5.94. The standard InChI is InChI=1S/C16H16N4O/c17-8-10-5-6-20-9-11(1-4-15(10)20)16(21)19-14-7-12-2-3-13(14)18-12/h1,4-6,9,12-14,18H,2-3,7H2,(H,19,21). The third-order valence-electron chi connectivity index (χ3n) is 4.65. The molecule has 3 unspecified atom stereocenters. The lowest BCUT2D eigenvalue weighted by Crippen LogP contribution is -2.42. The number of nitriles is 1. The second-order valence-electron chi connectivity index (χ2n) is 5.91. The van der Waals surface area contributed by atoms with Crippen molar-refractivity contribution in [1.82, 2.24) is 15.0 Å². The Kier molecular flexibility index (Phi) is 2.72. The van der Waals surface area contributed by atoms with E-state index in [9.17, 15) is 4.79 Å². The molecule has 2 aromatic heterocycles. The number of carbonyl (C=O) groups excluding carboxylic acids is 1. The summed E-state index contributed by atoms with van der Waals surface area (Å²) < 4.78 is 1.83. The Morgan fingerprint density at radius 3 is 3.00 bits per heavy atom. The SMILES string of the molecule is N#Cc1ccn2cc(C(=O)NC3CC4CCC3N4)ccc12. The molecule has 0 radical (unpaired) electrons. The summed E-state index contributed by atoms with van der Waals surface area (Å²) in [6.45, 7) is 0. The second-order valence-corrected chi connectivity index (χ2v) is 5.91. The molecule has 0 saturated carbocycles. The summed E-state index contributed by atoms with van der Waals surface area (Å²) in [6, 6.07) is 8.76. The van der Waals surface area contributed by atoms with Gasteiger partial charge in [0.25, 0.3) is 5.91 Å². The molecule has 5 heteroatoms. The van der Waals surface area contributed by atoms with E-state index in [0.29, 0.717) is 23.2 Å². The van der Waals surface area contributed by atoms with Crippen molar-refractivity contribution in [3.05, 3.63) is 41.7 Å². The molecule has 1 amide bonds. The molecule has 2 aliphatic rings. The van der Waals surface area contributed by atoms with Crippen molar-refractivity contribution in [2.75, 3.05) is 0 Å². The molecule has 2 aliphatic heterocycles. The number of amides is 1. The number of carbonyl (C=O) groups is 1. The fraction of sp³-hybridized carbons (Fsp3) is 0.375. The molecular formula is C16H16N4O. The van der Waals surface area contributed by atoms with Crippen molar-refractivity contribution < 1.29 is 4.79 Å². The van der Waals surface area contributed by atoms with Crippen LogP contribution in [0.25, 0.3) is 5.52 Å². The van der Waals surface area contributed by atoms with Crippen LogP contribution in [-0.4, -0.2) is 28.4 Å².